The maximum Gasteiger partial charge on any atom is 0.247 e. The van der Waals surface area contributed by atoms with Gasteiger partial charge in [-0.2, -0.15) is 0 Å². The van der Waals surface area contributed by atoms with Crippen LogP contribution in [-0.4, -0.2) is 11.8 Å². The molecular formula is C17H17BrN2O2. The molecule has 4 nitrogen and oxygen atoms in total. The van der Waals surface area contributed by atoms with E-state index in [-0.39, 0.29) is 12.3 Å². The third-order valence-electron chi connectivity index (χ3n) is 3.51. The van der Waals surface area contributed by atoms with Crippen LogP contribution in [0, 0.1) is 0 Å². The van der Waals surface area contributed by atoms with Gasteiger partial charge in [-0.25, -0.2) is 0 Å². The SMILES string of the molecule is CC(NC(=O)Cc1ccc(Br)cc1)(C(N)=O)c1ccccc1. The molecule has 0 fully saturated rings. The molecule has 1 atom stereocenters. The first kappa shape index (κ1) is 16.2. The molecule has 0 aliphatic rings. The van der Waals surface area contributed by atoms with Crippen molar-refractivity contribution >= 4 is 27.7 Å². The normalized spacial score (nSPS) is 13.2. The number of hydrogen-bond acceptors (Lipinski definition) is 2. The highest BCUT2D eigenvalue weighted by molar-refractivity contribution is 9.10. The Morgan fingerprint density at radius 3 is 2.23 bits per heavy atom. The van der Waals surface area contributed by atoms with Crippen LogP contribution in [0.1, 0.15) is 18.1 Å². The number of amides is 2. The van der Waals surface area contributed by atoms with Crippen molar-refractivity contribution in [1.29, 1.82) is 0 Å². The molecule has 0 aliphatic carbocycles. The Hall–Kier alpha value is -2.14. The van der Waals surface area contributed by atoms with Crippen LogP contribution >= 0.6 is 15.9 Å². The average Bonchev–Trinajstić information content (AvgIpc) is 2.50. The largest absolute Gasteiger partial charge is 0.367 e. The quantitative estimate of drug-likeness (QED) is 0.859. The molecule has 0 saturated carbocycles. The molecule has 3 N–H and O–H groups in total. The molecule has 2 aromatic carbocycles. The fraction of sp³-hybridized carbons (Fsp3) is 0.176. The third-order valence-corrected chi connectivity index (χ3v) is 4.04. The molecule has 0 bridgehead atoms. The highest BCUT2D eigenvalue weighted by atomic mass is 79.9. The van der Waals surface area contributed by atoms with Gasteiger partial charge in [-0.05, 0) is 30.2 Å². The zero-order valence-corrected chi connectivity index (χ0v) is 13.8. The Kier molecular flexibility index (Phi) is 4.98. The average molecular weight is 361 g/mol. The lowest BCUT2D eigenvalue weighted by atomic mass is 9.91. The number of nitrogens with two attached hydrogens (primary N) is 1. The standard InChI is InChI=1S/C17H17BrN2O2/c1-17(16(19)22,13-5-3-2-4-6-13)20-15(21)11-12-7-9-14(18)10-8-12/h2-10H,11H2,1H3,(H2,19,22)(H,20,21). The van der Waals surface area contributed by atoms with Gasteiger partial charge in [0.1, 0.15) is 5.54 Å². The monoisotopic (exact) mass is 360 g/mol. The summed E-state index contributed by atoms with van der Waals surface area (Å²) in [5.41, 5.74) is 5.80. The van der Waals surface area contributed by atoms with Crippen molar-refractivity contribution in [3.05, 3.63) is 70.2 Å². The minimum absolute atomic E-state index is 0.184. The van der Waals surface area contributed by atoms with E-state index in [9.17, 15) is 9.59 Å². The Bertz CT molecular complexity index is 671. The van der Waals surface area contributed by atoms with E-state index in [2.05, 4.69) is 21.2 Å². The van der Waals surface area contributed by atoms with Crippen molar-refractivity contribution in [2.45, 2.75) is 18.9 Å². The molecule has 0 saturated heterocycles. The predicted molar refractivity (Wildman–Crippen MR) is 89.0 cm³/mol. The summed E-state index contributed by atoms with van der Waals surface area (Å²) in [6, 6.07) is 16.4. The van der Waals surface area contributed by atoms with Crippen molar-refractivity contribution in [2.24, 2.45) is 5.73 Å². The molecule has 22 heavy (non-hydrogen) atoms. The van der Waals surface area contributed by atoms with Crippen molar-refractivity contribution in [3.63, 3.8) is 0 Å². The maximum atomic E-state index is 12.3. The van der Waals surface area contributed by atoms with Crippen molar-refractivity contribution in [1.82, 2.24) is 5.32 Å². The number of carbonyl (C=O) groups excluding carboxylic acids is 2. The molecule has 2 amide bonds. The summed E-state index contributed by atoms with van der Waals surface area (Å²) in [6.07, 6.45) is 0.184. The van der Waals surface area contributed by atoms with Crippen molar-refractivity contribution in [3.8, 4) is 0 Å². The van der Waals surface area contributed by atoms with Gasteiger partial charge >= 0.3 is 0 Å². The summed E-state index contributed by atoms with van der Waals surface area (Å²) in [4.78, 5) is 24.1. The maximum absolute atomic E-state index is 12.3. The fourth-order valence-corrected chi connectivity index (χ4v) is 2.42. The summed E-state index contributed by atoms with van der Waals surface area (Å²) >= 11 is 3.35. The highest BCUT2D eigenvalue weighted by Crippen LogP contribution is 2.20. The van der Waals surface area contributed by atoms with E-state index in [1.807, 2.05) is 30.3 Å². The lowest BCUT2D eigenvalue weighted by Crippen LogP contribution is -2.53. The van der Waals surface area contributed by atoms with Crippen LogP contribution in [0.5, 0.6) is 0 Å². The van der Waals surface area contributed by atoms with Gasteiger partial charge in [-0.3, -0.25) is 9.59 Å². The summed E-state index contributed by atoms with van der Waals surface area (Å²) in [5, 5.41) is 2.75. The second-order valence-electron chi connectivity index (χ2n) is 5.21. The van der Waals surface area contributed by atoms with Gasteiger partial charge in [-0.1, -0.05) is 58.4 Å². The summed E-state index contributed by atoms with van der Waals surface area (Å²) in [7, 11) is 0. The molecule has 0 radical (unpaired) electrons. The number of carbonyl (C=O) groups is 2. The highest BCUT2D eigenvalue weighted by Gasteiger charge is 2.34. The molecule has 2 rings (SSSR count). The van der Waals surface area contributed by atoms with Crippen LogP contribution in [-0.2, 0) is 21.5 Å². The summed E-state index contributed by atoms with van der Waals surface area (Å²) in [6.45, 7) is 1.62. The predicted octanol–water partition coefficient (Wildman–Crippen LogP) is 2.51. The van der Waals surface area contributed by atoms with E-state index < -0.39 is 11.4 Å². The van der Waals surface area contributed by atoms with Crippen LogP contribution in [0.15, 0.2) is 59.1 Å². The number of nitrogens with one attached hydrogen (secondary N) is 1. The first-order valence-electron chi connectivity index (χ1n) is 6.83. The molecule has 1 unspecified atom stereocenters. The lowest BCUT2D eigenvalue weighted by Gasteiger charge is -2.28. The molecule has 114 valence electrons. The minimum Gasteiger partial charge on any atom is -0.367 e. The Balaban J connectivity index is 2.16. The van der Waals surface area contributed by atoms with Gasteiger partial charge in [0.05, 0.1) is 6.42 Å². The van der Waals surface area contributed by atoms with Crippen LogP contribution in [0.25, 0.3) is 0 Å². The minimum atomic E-state index is -1.23. The number of benzene rings is 2. The van der Waals surface area contributed by atoms with E-state index in [0.29, 0.717) is 5.56 Å². The second kappa shape index (κ2) is 6.75. The van der Waals surface area contributed by atoms with Gasteiger partial charge in [-0.15, -0.1) is 0 Å². The van der Waals surface area contributed by atoms with E-state index in [1.54, 1.807) is 31.2 Å². The summed E-state index contributed by atoms with van der Waals surface area (Å²) in [5.74, 6) is -0.852. The fourth-order valence-electron chi connectivity index (χ4n) is 2.16. The first-order chi connectivity index (χ1) is 10.4. The van der Waals surface area contributed by atoms with Crippen LogP contribution < -0.4 is 11.1 Å². The summed E-state index contributed by atoms with van der Waals surface area (Å²) < 4.78 is 0.947. The molecule has 0 heterocycles. The Labute approximate surface area is 137 Å². The van der Waals surface area contributed by atoms with E-state index >= 15 is 0 Å². The number of primary amides is 1. The van der Waals surface area contributed by atoms with E-state index in [0.717, 1.165) is 10.0 Å². The smallest absolute Gasteiger partial charge is 0.247 e. The van der Waals surface area contributed by atoms with Crippen LogP contribution in [0.4, 0.5) is 0 Å². The lowest BCUT2D eigenvalue weighted by molar-refractivity contribution is -0.131. The molecule has 0 aromatic heterocycles. The molecular weight excluding hydrogens is 344 g/mol. The molecule has 0 aliphatic heterocycles. The topological polar surface area (TPSA) is 72.2 Å². The third kappa shape index (κ3) is 3.74. The van der Waals surface area contributed by atoms with Crippen LogP contribution in [0.2, 0.25) is 0 Å². The van der Waals surface area contributed by atoms with Crippen molar-refractivity contribution in [2.75, 3.05) is 0 Å². The van der Waals surface area contributed by atoms with Crippen molar-refractivity contribution < 1.29 is 9.59 Å². The molecule has 0 spiro atoms. The van der Waals surface area contributed by atoms with E-state index in [4.69, 9.17) is 5.73 Å². The van der Waals surface area contributed by atoms with Gasteiger partial charge in [0.25, 0.3) is 0 Å². The zero-order chi connectivity index (χ0) is 16.2. The second-order valence-corrected chi connectivity index (χ2v) is 6.12. The van der Waals surface area contributed by atoms with E-state index in [1.165, 1.54) is 0 Å². The first-order valence-corrected chi connectivity index (χ1v) is 7.62. The Morgan fingerprint density at radius 1 is 1.09 bits per heavy atom. The Morgan fingerprint density at radius 2 is 1.68 bits per heavy atom. The molecule has 5 heteroatoms. The molecule has 2 aromatic rings. The van der Waals surface area contributed by atoms with Gasteiger partial charge in [0, 0.05) is 4.47 Å². The van der Waals surface area contributed by atoms with Gasteiger partial charge in [0.2, 0.25) is 11.8 Å². The van der Waals surface area contributed by atoms with Gasteiger partial charge < -0.3 is 11.1 Å². The van der Waals surface area contributed by atoms with Crippen LogP contribution in [0.3, 0.4) is 0 Å². The number of rotatable bonds is 5. The number of hydrogen-bond donors (Lipinski definition) is 2. The van der Waals surface area contributed by atoms with Gasteiger partial charge in [0.15, 0.2) is 0 Å². The number of halogens is 1. The zero-order valence-electron chi connectivity index (χ0n) is 12.2.